The normalized spacial score (nSPS) is 10.2. The maximum atomic E-state index is 11.7. The van der Waals surface area contributed by atoms with Crippen LogP contribution >= 0.6 is 0 Å². The lowest BCUT2D eigenvalue weighted by Crippen LogP contribution is -2.24. The average molecular weight is 221 g/mol. The Labute approximate surface area is 96.5 Å². The van der Waals surface area contributed by atoms with Crippen LogP contribution in [0.25, 0.3) is 0 Å². The molecule has 0 atom stereocenters. The Hall–Kier alpha value is -1.58. The van der Waals surface area contributed by atoms with Gasteiger partial charge in [0.1, 0.15) is 0 Å². The second-order valence-electron chi connectivity index (χ2n) is 4.02. The summed E-state index contributed by atoms with van der Waals surface area (Å²) < 4.78 is 0. The van der Waals surface area contributed by atoms with Crippen molar-refractivity contribution in [2.45, 2.75) is 33.2 Å². The molecular weight excluding hydrogens is 202 g/mol. The molecule has 88 valence electrons. The van der Waals surface area contributed by atoms with Crippen molar-refractivity contribution in [3.8, 4) is 0 Å². The number of nitrogens with one attached hydrogen (secondary N) is 2. The molecule has 0 fully saturated rings. The number of amides is 1. The van der Waals surface area contributed by atoms with E-state index in [9.17, 15) is 4.79 Å². The molecule has 1 aromatic heterocycles. The Bertz CT molecular complexity index is 350. The van der Waals surface area contributed by atoms with E-state index < -0.39 is 0 Å². The van der Waals surface area contributed by atoms with Crippen molar-refractivity contribution in [1.29, 1.82) is 0 Å². The number of carbonyl (C=O) groups excluding carboxylic acids is 1. The molecule has 1 aromatic rings. The Kier molecular flexibility index (Phi) is 4.76. The molecule has 4 heteroatoms. The second-order valence-corrected chi connectivity index (χ2v) is 4.02. The van der Waals surface area contributed by atoms with Gasteiger partial charge in [-0.3, -0.25) is 9.78 Å². The first-order valence-corrected chi connectivity index (χ1v) is 5.63. The van der Waals surface area contributed by atoms with E-state index >= 15 is 0 Å². The van der Waals surface area contributed by atoms with Gasteiger partial charge in [0, 0.05) is 25.0 Å². The van der Waals surface area contributed by atoms with Gasteiger partial charge in [0.05, 0.1) is 11.3 Å². The molecule has 1 heterocycles. The van der Waals surface area contributed by atoms with Gasteiger partial charge < -0.3 is 10.6 Å². The number of anilines is 1. The van der Waals surface area contributed by atoms with Crippen molar-refractivity contribution < 1.29 is 4.79 Å². The maximum absolute atomic E-state index is 11.7. The topological polar surface area (TPSA) is 54.0 Å². The van der Waals surface area contributed by atoms with Crippen LogP contribution in [-0.4, -0.2) is 23.5 Å². The molecule has 1 amide bonds. The third-order valence-electron chi connectivity index (χ3n) is 1.99. The van der Waals surface area contributed by atoms with Crippen LogP contribution in [0.1, 0.15) is 37.6 Å². The fourth-order valence-corrected chi connectivity index (χ4v) is 1.32. The highest BCUT2D eigenvalue weighted by Gasteiger charge is 2.06. The molecule has 1 rings (SSSR count). The van der Waals surface area contributed by atoms with Crippen LogP contribution < -0.4 is 10.6 Å². The summed E-state index contributed by atoms with van der Waals surface area (Å²) in [5.74, 6) is -0.0678. The van der Waals surface area contributed by atoms with Crippen LogP contribution in [-0.2, 0) is 0 Å². The van der Waals surface area contributed by atoms with E-state index in [1.165, 1.54) is 0 Å². The number of hydrogen-bond donors (Lipinski definition) is 2. The fourth-order valence-electron chi connectivity index (χ4n) is 1.32. The van der Waals surface area contributed by atoms with Crippen molar-refractivity contribution >= 4 is 11.6 Å². The fraction of sp³-hybridized carbons (Fsp3) is 0.500. The zero-order valence-corrected chi connectivity index (χ0v) is 10.1. The van der Waals surface area contributed by atoms with Gasteiger partial charge in [-0.05, 0) is 26.3 Å². The Morgan fingerprint density at radius 2 is 2.19 bits per heavy atom. The number of aromatic nitrogens is 1. The number of rotatable bonds is 5. The highest BCUT2D eigenvalue weighted by atomic mass is 16.1. The number of pyridine rings is 1. The smallest absolute Gasteiger partial charge is 0.252 e. The predicted molar refractivity (Wildman–Crippen MR) is 65.6 cm³/mol. The molecule has 0 bridgehead atoms. The van der Waals surface area contributed by atoms with Crippen molar-refractivity contribution in [3.63, 3.8) is 0 Å². The van der Waals surface area contributed by atoms with E-state index in [4.69, 9.17) is 0 Å². The highest BCUT2D eigenvalue weighted by molar-refractivity contribution is 5.94. The predicted octanol–water partition coefficient (Wildman–Crippen LogP) is 2.04. The Balaban J connectivity index is 2.69. The Morgan fingerprint density at radius 3 is 2.81 bits per heavy atom. The van der Waals surface area contributed by atoms with Gasteiger partial charge in [0.2, 0.25) is 0 Å². The first kappa shape index (κ1) is 12.5. The summed E-state index contributed by atoms with van der Waals surface area (Å²) in [7, 11) is 0. The minimum atomic E-state index is -0.0678. The average Bonchev–Trinajstić information content (AvgIpc) is 2.25. The minimum absolute atomic E-state index is 0.0678. The molecule has 0 radical (unpaired) electrons. The van der Waals surface area contributed by atoms with Gasteiger partial charge in [-0.15, -0.1) is 0 Å². The van der Waals surface area contributed by atoms with Gasteiger partial charge in [0.25, 0.3) is 5.91 Å². The lowest BCUT2D eigenvalue weighted by Gasteiger charge is -2.10. The molecule has 4 nitrogen and oxygen atoms in total. The number of nitrogens with zero attached hydrogens (tertiary/aromatic N) is 1. The van der Waals surface area contributed by atoms with E-state index in [-0.39, 0.29) is 5.91 Å². The Morgan fingerprint density at radius 1 is 1.44 bits per heavy atom. The highest BCUT2D eigenvalue weighted by Crippen LogP contribution is 2.09. The van der Waals surface area contributed by atoms with Crippen LogP contribution in [0.2, 0.25) is 0 Å². The second kappa shape index (κ2) is 6.10. The van der Waals surface area contributed by atoms with Crippen molar-refractivity contribution in [2.75, 3.05) is 11.9 Å². The van der Waals surface area contributed by atoms with Crippen molar-refractivity contribution in [1.82, 2.24) is 10.3 Å². The van der Waals surface area contributed by atoms with Gasteiger partial charge in [-0.1, -0.05) is 6.92 Å². The molecule has 0 unspecified atom stereocenters. The molecule has 0 aliphatic carbocycles. The minimum Gasteiger partial charge on any atom is -0.382 e. The van der Waals surface area contributed by atoms with Crippen LogP contribution in [0, 0.1) is 0 Å². The summed E-state index contributed by atoms with van der Waals surface area (Å²) in [6, 6.07) is 2.15. The van der Waals surface area contributed by atoms with Crippen molar-refractivity contribution in [3.05, 3.63) is 24.0 Å². The summed E-state index contributed by atoms with van der Waals surface area (Å²) in [6.07, 6.45) is 4.23. The first-order valence-electron chi connectivity index (χ1n) is 5.63. The van der Waals surface area contributed by atoms with E-state index in [2.05, 4.69) is 15.6 Å². The van der Waals surface area contributed by atoms with Gasteiger partial charge >= 0.3 is 0 Å². The van der Waals surface area contributed by atoms with E-state index in [0.29, 0.717) is 18.2 Å². The largest absolute Gasteiger partial charge is 0.382 e. The molecule has 0 aliphatic heterocycles. The zero-order chi connectivity index (χ0) is 12.0. The molecule has 0 saturated heterocycles. The summed E-state index contributed by atoms with van der Waals surface area (Å²) in [5.41, 5.74) is 1.47. The SMILES string of the molecule is CCCNC(=O)c1cncc(NC(C)C)c1. The van der Waals surface area contributed by atoms with Crippen LogP contribution in [0.3, 0.4) is 0 Å². The van der Waals surface area contributed by atoms with E-state index in [1.807, 2.05) is 26.8 Å². The summed E-state index contributed by atoms with van der Waals surface area (Å²) >= 11 is 0. The van der Waals surface area contributed by atoms with Crippen LogP contribution in [0.4, 0.5) is 5.69 Å². The van der Waals surface area contributed by atoms with Gasteiger partial charge in [-0.25, -0.2) is 0 Å². The summed E-state index contributed by atoms with van der Waals surface area (Å²) in [6.45, 7) is 6.81. The van der Waals surface area contributed by atoms with Gasteiger partial charge in [-0.2, -0.15) is 0 Å². The molecular formula is C12H19N3O. The van der Waals surface area contributed by atoms with Crippen molar-refractivity contribution in [2.24, 2.45) is 0 Å². The van der Waals surface area contributed by atoms with Crippen LogP contribution in [0.15, 0.2) is 18.5 Å². The molecule has 0 saturated carbocycles. The summed E-state index contributed by atoms with van der Waals surface area (Å²) in [4.78, 5) is 15.7. The number of hydrogen-bond acceptors (Lipinski definition) is 3. The molecule has 2 N–H and O–H groups in total. The first-order chi connectivity index (χ1) is 7.63. The molecule has 0 spiro atoms. The summed E-state index contributed by atoms with van der Waals surface area (Å²) in [5, 5.41) is 6.04. The molecule has 0 aromatic carbocycles. The van der Waals surface area contributed by atoms with Crippen LogP contribution in [0.5, 0.6) is 0 Å². The molecule has 16 heavy (non-hydrogen) atoms. The quantitative estimate of drug-likeness (QED) is 0.800. The van der Waals surface area contributed by atoms with E-state index in [1.54, 1.807) is 12.4 Å². The number of carbonyl (C=O) groups is 1. The monoisotopic (exact) mass is 221 g/mol. The zero-order valence-electron chi connectivity index (χ0n) is 10.1. The lowest BCUT2D eigenvalue weighted by atomic mass is 10.2. The van der Waals surface area contributed by atoms with E-state index in [0.717, 1.165) is 12.1 Å². The standard InChI is InChI=1S/C12H19N3O/c1-4-5-14-12(16)10-6-11(8-13-7-10)15-9(2)3/h6-9,15H,4-5H2,1-3H3,(H,14,16). The molecule has 0 aliphatic rings. The lowest BCUT2D eigenvalue weighted by molar-refractivity contribution is 0.0953. The third kappa shape index (κ3) is 3.88. The van der Waals surface area contributed by atoms with Gasteiger partial charge in [0.15, 0.2) is 0 Å². The third-order valence-corrected chi connectivity index (χ3v) is 1.99. The maximum Gasteiger partial charge on any atom is 0.252 e.